The van der Waals surface area contributed by atoms with Gasteiger partial charge in [-0.05, 0) is 96.3 Å². The van der Waals surface area contributed by atoms with Crippen LogP contribution in [0.1, 0.15) is 258 Å². The maximum atomic E-state index is 12.8. The highest BCUT2D eigenvalue weighted by molar-refractivity contribution is 7.45. The summed E-state index contributed by atoms with van der Waals surface area (Å²) in [6.07, 6.45) is 77.4. The van der Waals surface area contributed by atoms with E-state index in [1.54, 1.807) is 0 Å². The van der Waals surface area contributed by atoms with Crippen molar-refractivity contribution in [2.75, 3.05) is 47.5 Å². The molecular formula is C66H116NO8P. The molecule has 0 aliphatic rings. The number of quaternary nitrogens is 1. The molecule has 0 saturated heterocycles. The number of phosphoric ester groups is 1. The van der Waals surface area contributed by atoms with Gasteiger partial charge in [-0.15, -0.1) is 0 Å². The molecule has 0 N–H and O–H groups in total. The summed E-state index contributed by atoms with van der Waals surface area (Å²) in [5.41, 5.74) is 0. The van der Waals surface area contributed by atoms with Crippen LogP contribution in [0, 0.1) is 0 Å². The zero-order chi connectivity index (χ0) is 55.6. The summed E-state index contributed by atoms with van der Waals surface area (Å²) < 4.78 is 34.2. The number of likely N-dealkylation sites (N-methyl/N-ethyl adjacent to an activating group) is 1. The van der Waals surface area contributed by atoms with Crippen molar-refractivity contribution in [1.29, 1.82) is 0 Å². The van der Waals surface area contributed by atoms with E-state index in [9.17, 15) is 19.0 Å². The standard InChI is InChI=1S/C66H116NO8P/c1-6-8-10-12-14-16-18-20-22-24-26-27-28-29-30-31-32-33-34-35-36-37-38-39-41-43-45-47-49-51-53-55-57-59-66(69)75-64(63-74-76(70,71)73-61-60-67(3,4)5)62-72-65(68)58-56-54-52-50-48-46-44-42-40-25-23-21-19-17-15-13-11-9-7-2/h8,10,14,16,20-23,26-27,29-30,32-33,35-36,64H,6-7,9,11-13,15,17-19,24-25,28,31,34,37-63H2,1-5H3/b10-8-,16-14-,22-20-,23-21-,27-26-,30-29-,33-32-,36-35-. The number of hydrogen-bond donors (Lipinski definition) is 0. The maximum absolute atomic E-state index is 12.8. The molecular weight excluding hydrogens is 966 g/mol. The number of unbranched alkanes of at least 4 members (excludes halogenated alkanes) is 26. The van der Waals surface area contributed by atoms with Gasteiger partial charge < -0.3 is 27.9 Å². The SMILES string of the molecule is CC/C=C\C/C=C\C/C=C\C/C=C\C/C=C\C/C=C\C/C=C\CCCCCCCCCCCCCC(=O)OC(COC(=O)CCCCCCCCCCC/C=C\CCCCCCCC)COP(=O)([O-])OCC[N+](C)(C)C. The summed E-state index contributed by atoms with van der Waals surface area (Å²) in [6, 6.07) is 0. The highest BCUT2D eigenvalue weighted by atomic mass is 31.2. The van der Waals surface area contributed by atoms with E-state index in [-0.39, 0.29) is 32.0 Å². The second-order valence-corrected chi connectivity index (χ2v) is 23.1. The first-order valence-corrected chi connectivity index (χ1v) is 32.4. The predicted molar refractivity (Wildman–Crippen MR) is 323 cm³/mol. The largest absolute Gasteiger partial charge is 0.756 e. The lowest BCUT2D eigenvalue weighted by Crippen LogP contribution is -2.37. The van der Waals surface area contributed by atoms with Crippen LogP contribution in [0.25, 0.3) is 0 Å². The number of nitrogens with zero attached hydrogens (tertiary/aromatic N) is 1. The van der Waals surface area contributed by atoms with Gasteiger partial charge in [0.2, 0.25) is 0 Å². The lowest BCUT2D eigenvalue weighted by atomic mass is 10.0. The Bertz CT molecular complexity index is 1600. The van der Waals surface area contributed by atoms with E-state index >= 15 is 0 Å². The number of hydrogen-bond acceptors (Lipinski definition) is 8. The molecule has 0 fully saturated rings. The van der Waals surface area contributed by atoms with Gasteiger partial charge in [0.25, 0.3) is 7.82 Å². The average Bonchev–Trinajstić information content (AvgIpc) is 3.38. The van der Waals surface area contributed by atoms with Crippen LogP contribution in [-0.4, -0.2) is 70.0 Å². The minimum atomic E-state index is -4.64. The minimum Gasteiger partial charge on any atom is -0.756 e. The normalized spacial score (nSPS) is 13.9. The summed E-state index contributed by atoms with van der Waals surface area (Å²) in [4.78, 5) is 37.9. The first kappa shape index (κ1) is 72.9. The van der Waals surface area contributed by atoms with E-state index in [1.807, 2.05) is 21.1 Å². The number of allylic oxidation sites excluding steroid dienone is 16. The first-order valence-electron chi connectivity index (χ1n) is 30.9. The molecule has 0 aromatic carbocycles. The molecule has 76 heavy (non-hydrogen) atoms. The van der Waals surface area contributed by atoms with Crippen molar-refractivity contribution in [1.82, 2.24) is 0 Å². The van der Waals surface area contributed by atoms with E-state index in [2.05, 4.69) is 111 Å². The van der Waals surface area contributed by atoms with Crippen LogP contribution in [0.15, 0.2) is 97.2 Å². The molecule has 9 nitrogen and oxygen atoms in total. The fraction of sp³-hybridized carbons (Fsp3) is 0.727. The Balaban J connectivity index is 4.13. The Morgan fingerprint density at radius 2 is 0.750 bits per heavy atom. The van der Waals surface area contributed by atoms with Crippen molar-refractivity contribution in [2.24, 2.45) is 0 Å². The molecule has 0 rings (SSSR count). The molecule has 0 aliphatic heterocycles. The maximum Gasteiger partial charge on any atom is 0.306 e. The van der Waals surface area contributed by atoms with Crippen molar-refractivity contribution in [2.45, 2.75) is 264 Å². The molecule has 0 spiro atoms. The van der Waals surface area contributed by atoms with Gasteiger partial charge in [0.15, 0.2) is 6.10 Å². The molecule has 0 amide bonds. The van der Waals surface area contributed by atoms with E-state index in [0.717, 1.165) is 89.9 Å². The molecule has 10 heteroatoms. The van der Waals surface area contributed by atoms with Crippen LogP contribution >= 0.6 is 7.82 Å². The fourth-order valence-corrected chi connectivity index (χ4v) is 9.07. The van der Waals surface area contributed by atoms with Crippen LogP contribution in [0.5, 0.6) is 0 Å². The predicted octanol–water partition coefficient (Wildman–Crippen LogP) is 19.0. The van der Waals surface area contributed by atoms with Crippen molar-refractivity contribution in [3.8, 4) is 0 Å². The summed E-state index contributed by atoms with van der Waals surface area (Å²) in [5.74, 6) is -0.838. The van der Waals surface area contributed by atoms with Crippen LogP contribution in [0.3, 0.4) is 0 Å². The lowest BCUT2D eigenvalue weighted by molar-refractivity contribution is -0.870. The average molecular weight is 1080 g/mol. The van der Waals surface area contributed by atoms with Gasteiger partial charge in [-0.1, -0.05) is 246 Å². The molecule has 0 radical (unpaired) electrons. The third kappa shape index (κ3) is 60.2. The van der Waals surface area contributed by atoms with Crippen molar-refractivity contribution >= 4 is 19.8 Å². The fourth-order valence-electron chi connectivity index (χ4n) is 8.34. The van der Waals surface area contributed by atoms with Crippen LogP contribution < -0.4 is 4.89 Å². The second kappa shape index (κ2) is 56.6. The summed E-state index contributed by atoms with van der Waals surface area (Å²) in [6.45, 7) is 4.13. The number of carbonyl (C=O) groups excluding carboxylic acids is 2. The van der Waals surface area contributed by atoms with Gasteiger partial charge in [-0.2, -0.15) is 0 Å². The Morgan fingerprint density at radius 3 is 1.13 bits per heavy atom. The smallest absolute Gasteiger partial charge is 0.306 e. The van der Waals surface area contributed by atoms with E-state index in [4.69, 9.17) is 18.5 Å². The Hall–Kier alpha value is -3.07. The van der Waals surface area contributed by atoms with Gasteiger partial charge in [-0.25, -0.2) is 0 Å². The Kier molecular flexibility index (Phi) is 54.4. The quantitative estimate of drug-likeness (QED) is 0.0195. The van der Waals surface area contributed by atoms with E-state index < -0.39 is 26.5 Å². The van der Waals surface area contributed by atoms with Crippen LogP contribution in [-0.2, 0) is 32.7 Å². The molecule has 0 saturated carbocycles. The number of rotatable bonds is 56. The highest BCUT2D eigenvalue weighted by Crippen LogP contribution is 2.38. The number of carbonyl (C=O) groups is 2. The molecule has 0 bridgehead atoms. The van der Waals surface area contributed by atoms with Gasteiger partial charge in [-0.3, -0.25) is 14.2 Å². The molecule has 0 aromatic rings. The second-order valence-electron chi connectivity index (χ2n) is 21.7. The zero-order valence-corrected chi connectivity index (χ0v) is 50.6. The number of ether oxygens (including phenoxy) is 2. The first-order chi connectivity index (χ1) is 37.0. The Labute approximate surface area is 468 Å². The summed E-state index contributed by atoms with van der Waals surface area (Å²) in [5, 5.41) is 0. The van der Waals surface area contributed by atoms with Crippen molar-refractivity contribution in [3.05, 3.63) is 97.2 Å². The molecule has 438 valence electrons. The van der Waals surface area contributed by atoms with E-state index in [0.29, 0.717) is 17.4 Å². The molecule has 0 aliphatic carbocycles. The van der Waals surface area contributed by atoms with Gasteiger partial charge >= 0.3 is 11.9 Å². The monoisotopic (exact) mass is 1080 g/mol. The highest BCUT2D eigenvalue weighted by Gasteiger charge is 2.22. The van der Waals surface area contributed by atoms with Crippen LogP contribution in [0.4, 0.5) is 0 Å². The molecule has 2 unspecified atom stereocenters. The topological polar surface area (TPSA) is 111 Å². The van der Waals surface area contributed by atoms with Gasteiger partial charge in [0, 0.05) is 12.8 Å². The summed E-state index contributed by atoms with van der Waals surface area (Å²) in [7, 11) is 1.16. The summed E-state index contributed by atoms with van der Waals surface area (Å²) >= 11 is 0. The zero-order valence-electron chi connectivity index (χ0n) is 49.7. The third-order valence-electron chi connectivity index (χ3n) is 13.1. The van der Waals surface area contributed by atoms with Gasteiger partial charge in [0.05, 0.1) is 27.7 Å². The lowest BCUT2D eigenvalue weighted by Gasteiger charge is -2.28. The van der Waals surface area contributed by atoms with E-state index in [1.165, 1.54) is 135 Å². The van der Waals surface area contributed by atoms with Crippen LogP contribution in [0.2, 0.25) is 0 Å². The Morgan fingerprint density at radius 1 is 0.421 bits per heavy atom. The molecule has 0 heterocycles. The number of esters is 2. The molecule has 0 aromatic heterocycles. The minimum absolute atomic E-state index is 0.0350. The van der Waals surface area contributed by atoms with Crippen molar-refractivity contribution in [3.63, 3.8) is 0 Å². The van der Waals surface area contributed by atoms with Gasteiger partial charge in [0.1, 0.15) is 19.8 Å². The van der Waals surface area contributed by atoms with Crippen molar-refractivity contribution < 1.29 is 42.1 Å². The number of phosphoric acid groups is 1. The third-order valence-corrected chi connectivity index (χ3v) is 14.1. The molecule has 2 atom stereocenters.